The van der Waals surface area contributed by atoms with Crippen LogP contribution in [0, 0.1) is 0 Å². The molecule has 2 aromatic rings. The first-order valence-corrected chi connectivity index (χ1v) is 7.93. The van der Waals surface area contributed by atoms with Gasteiger partial charge in [-0.25, -0.2) is 18.5 Å². The van der Waals surface area contributed by atoms with Crippen LogP contribution in [0.3, 0.4) is 0 Å². The molecule has 21 heavy (non-hydrogen) atoms. The van der Waals surface area contributed by atoms with E-state index in [4.69, 9.17) is 10.9 Å². The summed E-state index contributed by atoms with van der Waals surface area (Å²) >= 11 is 0. The molecule has 0 aliphatic heterocycles. The van der Waals surface area contributed by atoms with Crippen molar-refractivity contribution in [3.05, 3.63) is 53.7 Å². The van der Waals surface area contributed by atoms with E-state index < -0.39 is 10.0 Å². The van der Waals surface area contributed by atoms with Crippen molar-refractivity contribution in [3.8, 4) is 0 Å². The van der Waals surface area contributed by atoms with Gasteiger partial charge in [-0.3, -0.25) is 0 Å². The molecule has 0 radical (unpaired) electrons. The van der Waals surface area contributed by atoms with Gasteiger partial charge in [-0.15, -0.1) is 0 Å². The Bertz CT molecular complexity index is 714. The van der Waals surface area contributed by atoms with Crippen molar-refractivity contribution in [2.75, 3.05) is 11.9 Å². The van der Waals surface area contributed by atoms with Gasteiger partial charge >= 0.3 is 0 Å². The highest BCUT2D eigenvalue weighted by molar-refractivity contribution is 7.89. The third kappa shape index (κ3) is 3.78. The van der Waals surface area contributed by atoms with E-state index in [1.807, 2.05) is 36.2 Å². The van der Waals surface area contributed by atoms with Gasteiger partial charge in [-0.2, -0.15) is 0 Å². The van der Waals surface area contributed by atoms with Crippen LogP contribution >= 0.6 is 0 Å². The number of sulfonamides is 1. The molecule has 0 amide bonds. The number of benzene rings is 1. The minimum atomic E-state index is -3.71. The Kier molecular flexibility index (Phi) is 4.56. The molecule has 0 spiro atoms. The summed E-state index contributed by atoms with van der Waals surface area (Å²) in [6.45, 7) is 1.11. The number of pyridine rings is 1. The van der Waals surface area contributed by atoms with Crippen LogP contribution in [0.1, 0.15) is 11.1 Å². The second-order valence-electron chi connectivity index (χ2n) is 4.73. The summed E-state index contributed by atoms with van der Waals surface area (Å²) in [5.41, 5.74) is 7.90. The number of hydrogen-bond acceptors (Lipinski definition) is 5. The van der Waals surface area contributed by atoms with Gasteiger partial charge in [-0.1, -0.05) is 24.3 Å². The Balaban J connectivity index is 2.19. The van der Waals surface area contributed by atoms with Crippen molar-refractivity contribution >= 4 is 15.8 Å². The number of nitrogens with zero attached hydrogens (tertiary/aromatic N) is 2. The predicted octanol–water partition coefficient (Wildman–Crippen LogP) is 0.824. The van der Waals surface area contributed by atoms with E-state index in [0.717, 1.165) is 11.1 Å². The van der Waals surface area contributed by atoms with Crippen LogP contribution in [-0.2, 0) is 23.1 Å². The van der Waals surface area contributed by atoms with Gasteiger partial charge in [0.15, 0.2) is 0 Å². The van der Waals surface area contributed by atoms with Gasteiger partial charge < -0.3 is 10.6 Å². The third-order valence-corrected chi connectivity index (χ3v) is 4.08. The van der Waals surface area contributed by atoms with Crippen LogP contribution < -0.4 is 15.8 Å². The highest BCUT2D eigenvalue weighted by Crippen LogP contribution is 2.16. The second kappa shape index (κ2) is 6.21. The molecular weight excluding hydrogens is 288 g/mol. The van der Waals surface area contributed by atoms with Crippen molar-refractivity contribution in [2.45, 2.75) is 18.0 Å². The number of primary sulfonamides is 1. The average molecular weight is 306 g/mol. The lowest BCUT2D eigenvalue weighted by molar-refractivity contribution is 0.597. The smallest absolute Gasteiger partial charge is 0.239 e. The fourth-order valence-electron chi connectivity index (χ4n) is 2.01. The zero-order valence-electron chi connectivity index (χ0n) is 11.7. The summed E-state index contributed by atoms with van der Waals surface area (Å²) < 4.78 is 22.4. The molecule has 6 nitrogen and oxygen atoms in total. The van der Waals surface area contributed by atoms with Crippen molar-refractivity contribution in [3.63, 3.8) is 0 Å². The van der Waals surface area contributed by atoms with E-state index >= 15 is 0 Å². The summed E-state index contributed by atoms with van der Waals surface area (Å²) in [5, 5.41) is 5.05. The standard InChI is InChI=1S/C14H18N4O2S/c1-18(10-12-5-3-2-4-11(12)8-15)14-7-6-13(9-17-14)21(16,19)20/h2-7,9H,8,10,15H2,1H3,(H2,16,19,20). The minimum Gasteiger partial charge on any atom is -0.355 e. The first kappa shape index (κ1) is 15.4. The molecule has 0 aliphatic rings. The van der Waals surface area contributed by atoms with Crippen molar-refractivity contribution in [1.82, 2.24) is 4.98 Å². The molecule has 0 unspecified atom stereocenters. The molecule has 0 saturated carbocycles. The maximum absolute atomic E-state index is 11.2. The van der Waals surface area contributed by atoms with Crippen LogP contribution in [0.25, 0.3) is 0 Å². The molecule has 0 atom stereocenters. The van der Waals surface area contributed by atoms with Crippen LogP contribution in [-0.4, -0.2) is 20.4 Å². The van der Waals surface area contributed by atoms with Crippen LogP contribution in [0.15, 0.2) is 47.5 Å². The number of nitrogens with two attached hydrogens (primary N) is 2. The van der Waals surface area contributed by atoms with Gasteiger partial charge in [0.05, 0.1) is 0 Å². The van der Waals surface area contributed by atoms with E-state index in [-0.39, 0.29) is 4.90 Å². The minimum absolute atomic E-state index is 0.00186. The van der Waals surface area contributed by atoms with E-state index in [9.17, 15) is 8.42 Å². The summed E-state index contributed by atoms with van der Waals surface area (Å²) in [6.07, 6.45) is 1.26. The monoisotopic (exact) mass is 306 g/mol. The molecule has 0 aliphatic carbocycles. The average Bonchev–Trinajstić information content (AvgIpc) is 2.47. The molecule has 1 aromatic heterocycles. The normalized spacial score (nSPS) is 11.4. The molecule has 112 valence electrons. The summed E-state index contributed by atoms with van der Waals surface area (Å²) in [5.74, 6) is 0.661. The largest absolute Gasteiger partial charge is 0.355 e. The maximum Gasteiger partial charge on any atom is 0.239 e. The Morgan fingerprint density at radius 3 is 2.33 bits per heavy atom. The second-order valence-corrected chi connectivity index (χ2v) is 6.29. The number of aromatic nitrogens is 1. The van der Waals surface area contributed by atoms with Crippen molar-refractivity contribution < 1.29 is 8.42 Å². The highest BCUT2D eigenvalue weighted by atomic mass is 32.2. The van der Waals surface area contributed by atoms with Crippen LogP contribution in [0.4, 0.5) is 5.82 Å². The molecule has 4 N–H and O–H groups in total. The molecular formula is C14H18N4O2S. The van der Waals surface area contributed by atoms with Gasteiger partial charge in [0.2, 0.25) is 10.0 Å². The molecule has 2 rings (SSSR count). The summed E-state index contributed by atoms with van der Waals surface area (Å²) in [4.78, 5) is 6.05. The SMILES string of the molecule is CN(Cc1ccccc1CN)c1ccc(S(N)(=O)=O)cn1. The zero-order chi connectivity index (χ0) is 15.5. The quantitative estimate of drug-likeness (QED) is 0.851. The molecule has 0 saturated heterocycles. The maximum atomic E-state index is 11.2. The number of rotatable bonds is 5. The highest BCUT2D eigenvalue weighted by Gasteiger charge is 2.10. The Morgan fingerprint density at radius 2 is 1.81 bits per heavy atom. The van der Waals surface area contributed by atoms with Gasteiger partial charge in [0.1, 0.15) is 10.7 Å². The van der Waals surface area contributed by atoms with Crippen LogP contribution in [0.5, 0.6) is 0 Å². The van der Waals surface area contributed by atoms with Gasteiger partial charge in [-0.05, 0) is 23.3 Å². The lowest BCUT2D eigenvalue weighted by Gasteiger charge is -2.20. The zero-order valence-corrected chi connectivity index (χ0v) is 12.5. The summed E-state index contributed by atoms with van der Waals surface area (Å²) in [6, 6.07) is 11.0. The van der Waals surface area contributed by atoms with Gasteiger partial charge in [0.25, 0.3) is 0 Å². The topological polar surface area (TPSA) is 102 Å². The Labute approximate surface area is 124 Å². The van der Waals surface area contributed by atoms with E-state index in [0.29, 0.717) is 18.9 Å². The predicted molar refractivity (Wildman–Crippen MR) is 82.1 cm³/mol. The van der Waals surface area contributed by atoms with E-state index in [2.05, 4.69) is 4.98 Å². The van der Waals surface area contributed by atoms with Crippen LogP contribution in [0.2, 0.25) is 0 Å². The lowest BCUT2D eigenvalue weighted by atomic mass is 10.1. The fourth-order valence-corrected chi connectivity index (χ4v) is 2.47. The number of hydrogen-bond donors (Lipinski definition) is 2. The van der Waals surface area contributed by atoms with E-state index in [1.54, 1.807) is 6.07 Å². The Hall–Kier alpha value is -1.96. The fraction of sp³-hybridized carbons (Fsp3) is 0.214. The lowest BCUT2D eigenvalue weighted by Crippen LogP contribution is -2.20. The first-order valence-electron chi connectivity index (χ1n) is 6.38. The van der Waals surface area contributed by atoms with Crippen molar-refractivity contribution in [2.24, 2.45) is 10.9 Å². The van der Waals surface area contributed by atoms with Crippen molar-refractivity contribution in [1.29, 1.82) is 0 Å². The Morgan fingerprint density at radius 1 is 1.14 bits per heavy atom. The summed E-state index contributed by atoms with van der Waals surface area (Å²) in [7, 11) is -1.83. The molecule has 7 heteroatoms. The molecule has 0 fully saturated rings. The van der Waals surface area contributed by atoms with E-state index in [1.165, 1.54) is 12.3 Å². The molecule has 1 heterocycles. The number of anilines is 1. The first-order chi connectivity index (χ1) is 9.91. The third-order valence-electron chi connectivity index (χ3n) is 3.19. The molecule has 1 aromatic carbocycles. The van der Waals surface area contributed by atoms with Gasteiger partial charge in [0, 0.05) is 26.3 Å². The molecule has 0 bridgehead atoms.